The van der Waals surface area contributed by atoms with E-state index in [0.717, 1.165) is 12.3 Å². The summed E-state index contributed by atoms with van der Waals surface area (Å²) in [6.07, 6.45) is -1.22. The molecule has 194 valence electrons. The van der Waals surface area contributed by atoms with E-state index >= 15 is 0 Å². The first kappa shape index (κ1) is 26.2. The molecule has 0 bridgehead atoms. The maximum absolute atomic E-state index is 13.2. The van der Waals surface area contributed by atoms with Crippen molar-refractivity contribution < 1.29 is 26.3 Å². The zero-order valence-electron chi connectivity index (χ0n) is 19.6. The quantitative estimate of drug-likeness (QED) is 0.435. The monoisotopic (exact) mass is 533 g/mol. The molecule has 2 N–H and O–H groups in total. The predicted molar refractivity (Wildman–Crippen MR) is 131 cm³/mol. The highest BCUT2D eigenvalue weighted by molar-refractivity contribution is 7.90. The van der Waals surface area contributed by atoms with Crippen molar-refractivity contribution in [3.63, 3.8) is 0 Å². The van der Waals surface area contributed by atoms with Gasteiger partial charge in [0.15, 0.2) is 9.84 Å². The van der Waals surface area contributed by atoms with Crippen LogP contribution in [-0.2, 0) is 16.0 Å². The zero-order chi connectivity index (χ0) is 27.0. The van der Waals surface area contributed by atoms with Gasteiger partial charge in [0.1, 0.15) is 17.1 Å². The molecule has 3 aromatic carbocycles. The molecule has 3 aromatic rings. The van der Waals surface area contributed by atoms with Crippen molar-refractivity contribution in [3.05, 3.63) is 74.0 Å². The molecule has 0 saturated heterocycles. The Hall–Kier alpha value is -3.85. The average molecular weight is 534 g/mol. The van der Waals surface area contributed by atoms with Crippen molar-refractivity contribution in [3.8, 4) is 11.8 Å². The van der Waals surface area contributed by atoms with Crippen LogP contribution >= 0.6 is 0 Å². The minimum Gasteiger partial charge on any atom is -0.490 e. The van der Waals surface area contributed by atoms with Crippen LogP contribution in [0.4, 0.5) is 30.2 Å². The molecule has 0 radical (unpaired) electrons. The third-order valence-corrected chi connectivity index (χ3v) is 7.27. The van der Waals surface area contributed by atoms with Crippen LogP contribution < -0.4 is 26.2 Å². The van der Waals surface area contributed by atoms with E-state index in [9.17, 15) is 31.2 Å². The minimum absolute atomic E-state index is 0.00153. The van der Waals surface area contributed by atoms with Crippen molar-refractivity contribution in [2.75, 3.05) is 16.9 Å². The standard InChI is InChI=1S/C25H22F3N3O5S/c1-37(34,35)20-8-6-19(7-9-20)36-18-4-2-16(3-5-18)30-21-22(24(33)23(21)32)31-17-11-14(13-29)10-15(12-17)25(26,27)28/h6-12,16,18,30-31H,2-5H2,1H3. The summed E-state index contributed by atoms with van der Waals surface area (Å²) in [6, 6.07) is 10.3. The molecule has 12 heteroatoms. The Kier molecular flexibility index (Phi) is 7.01. The molecule has 0 heterocycles. The summed E-state index contributed by atoms with van der Waals surface area (Å²) in [6.45, 7) is 0. The third kappa shape index (κ3) is 5.94. The molecule has 4 rings (SSSR count). The molecule has 0 atom stereocenters. The summed E-state index contributed by atoms with van der Waals surface area (Å²) in [7, 11) is -3.30. The van der Waals surface area contributed by atoms with E-state index in [1.54, 1.807) is 18.2 Å². The second-order valence-electron chi connectivity index (χ2n) is 8.92. The number of sulfone groups is 1. The minimum atomic E-state index is -4.69. The van der Waals surface area contributed by atoms with Gasteiger partial charge >= 0.3 is 6.18 Å². The third-order valence-electron chi connectivity index (χ3n) is 6.15. The van der Waals surface area contributed by atoms with E-state index < -0.39 is 32.4 Å². The predicted octanol–water partition coefficient (Wildman–Crippen LogP) is 4.12. The zero-order valence-corrected chi connectivity index (χ0v) is 20.4. The Morgan fingerprint density at radius 1 is 0.973 bits per heavy atom. The number of nitrogens with zero attached hydrogens (tertiary/aromatic N) is 1. The number of alkyl halides is 3. The lowest BCUT2D eigenvalue weighted by molar-refractivity contribution is -0.137. The van der Waals surface area contributed by atoms with Gasteiger partial charge in [-0.3, -0.25) is 9.59 Å². The van der Waals surface area contributed by atoms with Crippen LogP contribution in [0.1, 0.15) is 36.8 Å². The molecule has 1 fully saturated rings. The lowest BCUT2D eigenvalue weighted by Gasteiger charge is -2.31. The van der Waals surface area contributed by atoms with Crippen molar-refractivity contribution >= 4 is 26.9 Å². The van der Waals surface area contributed by atoms with Crippen molar-refractivity contribution in [1.29, 1.82) is 5.26 Å². The molecule has 8 nitrogen and oxygen atoms in total. The molecular weight excluding hydrogens is 511 g/mol. The second-order valence-corrected chi connectivity index (χ2v) is 10.9. The number of benzene rings is 2. The molecule has 0 aromatic heterocycles. The number of nitriles is 1. The normalized spacial score (nSPS) is 18.2. The number of halogens is 3. The molecule has 0 aliphatic heterocycles. The fourth-order valence-corrected chi connectivity index (χ4v) is 4.84. The molecule has 1 saturated carbocycles. The second kappa shape index (κ2) is 9.89. The first-order chi connectivity index (χ1) is 17.3. The molecule has 0 unspecified atom stereocenters. The fraction of sp³-hybridized carbons (Fsp3) is 0.320. The van der Waals surface area contributed by atoms with Gasteiger partial charge in [-0.2, -0.15) is 18.4 Å². The van der Waals surface area contributed by atoms with E-state index in [0.29, 0.717) is 37.5 Å². The lowest BCUT2D eigenvalue weighted by Crippen LogP contribution is -2.40. The maximum atomic E-state index is 13.2. The van der Waals surface area contributed by atoms with Crippen LogP contribution in [0.25, 0.3) is 0 Å². The first-order valence-electron chi connectivity index (χ1n) is 11.3. The van der Waals surface area contributed by atoms with Crippen LogP contribution in [0.3, 0.4) is 0 Å². The van der Waals surface area contributed by atoms with Crippen LogP contribution in [0.5, 0.6) is 5.75 Å². The average Bonchev–Trinajstić information content (AvgIpc) is 2.86. The van der Waals surface area contributed by atoms with E-state index in [1.165, 1.54) is 18.2 Å². The first-order valence-corrected chi connectivity index (χ1v) is 13.2. The fourth-order valence-electron chi connectivity index (χ4n) is 4.21. The number of rotatable bonds is 7. The summed E-state index contributed by atoms with van der Waals surface area (Å²) >= 11 is 0. The molecule has 1 aliphatic carbocycles. The number of ether oxygens (including phenoxy) is 1. The van der Waals surface area contributed by atoms with Crippen LogP contribution in [0.2, 0.25) is 0 Å². The van der Waals surface area contributed by atoms with Crippen LogP contribution in [0.15, 0.2) is 56.9 Å². The largest absolute Gasteiger partial charge is 0.490 e. The molecule has 0 spiro atoms. The van der Waals surface area contributed by atoms with Gasteiger partial charge < -0.3 is 15.4 Å². The van der Waals surface area contributed by atoms with E-state index in [-0.39, 0.29) is 39.7 Å². The van der Waals surface area contributed by atoms with Crippen molar-refractivity contribution in [2.45, 2.75) is 48.9 Å². The van der Waals surface area contributed by atoms with E-state index in [2.05, 4.69) is 10.6 Å². The van der Waals surface area contributed by atoms with Gasteiger partial charge in [-0.1, -0.05) is 0 Å². The van der Waals surface area contributed by atoms with E-state index in [1.807, 2.05) is 0 Å². The highest BCUT2D eigenvalue weighted by atomic mass is 32.2. The van der Waals surface area contributed by atoms with E-state index in [4.69, 9.17) is 10.00 Å². The molecule has 1 aliphatic rings. The number of anilines is 3. The van der Waals surface area contributed by atoms with Gasteiger partial charge in [-0.25, -0.2) is 8.42 Å². The van der Waals surface area contributed by atoms with Gasteiger partial charge in [0.05, 0.1) is 28.2 Å². The Labute approximate surface area is 210 Å². The van der Waals surface area contributed by atoms with Gasteiger partial charge in [0, 0.05) is 18.0 Å². The maximum Gasteiger partial charge on any atom is 0.416 e. The summed E-state index contributed by atoms with van der Waals surface area (Å²) in [4.78, 5) is 24.5. The molecule has 0 amide bonds. The van der Waals surface area contributed by atoms with Crippen molar-refractivity contribution in [2.24, 2.45) is 0 Å². The van der Waals surface area contributed by atoms with Gasteiger partial charge in [0.2, 0.25) is 0 Å². The summed E-state index contributed by atoms with van der Waals surface area (Å²) in [5.74, 6) is 0.538. The van der Waals surface area contributed by atoms with Gasteiger partial charge in [0.25, 0.3) is 10.9 Å². The summed E-state index contributed by atoms with van der Waals surface area (Å²) in [5.41, 5.74) is -3.17. The van der Waals surface area contributed by atoms with Crippen molar-refractivity contribution in [1.82, 2.24) is 0 Å². The van der Waals surface area contributed by atoms with Crippen LogP contribution in [0, 0.1) is 11.3 Å². The summed E-state index contributed by atoms with van der Waals surface area (Å²) < 4.78 is 68.6. The Balaban J connectivity index is 1.39. The number of nitrogens with one attached hydrogen (secondary N) is 2. The van der Waals surface area contributed by atoms with Crippen LogP contribution in [-0.4, -0.2) is 26.8 Å². The SMILES string of the molecule is CS(=O)(=O)c1ccc(OC2CCC(Nc3c(Nc4cc(C#N)cc(C(F)(F)F)c4)c(=O)c3=O)CC2)cc1. The van der Waals surface area contributed by atoms with Gasteiger partial charge in [-0.05, 0) is 68.1 Å². The molecular formula is C25H22F3N3O5S. The topological polar surface area (TPSA) is 125 Å². The highest BCUT2D eigenvalue weighted by Crippen LogP contribution is 2.34. The Bertz CT molecular complexity index is 1530. The summed E-state index contributed by atoms with van der Waals surface area (Å²) in [5, 5.41) is 14.6. The lowest BCUT2D eigenvalue weighted by atomic mass is 9.92. The Morgan fingerprint density at radius 2 is 1.59 bits per heavy atom. The number of hydrogen-bond acceptors (Lipinski definition) is 8. The highest BCUT2D eigenvalue weighted by Gasteiger charge is 2.32. The molecule has 37 heavy (non-hydrogen) atoms. The smallest absolute Gasteiger partial charge is 0.416 e. The Morgan fingerprint density at radius 3 is 2.16 bits per heavy atom. The number of hydrogen-bond donors (Lipinski definition) is 2. The van der Waals surface area contributed by atoms with Gasteiger partial charge in [-0.15, -0.1) is 0 Å².